The zero-order valence-corrected chi connectivity index (χ0v) is 10.6. The van der Waals surface area contributed by atoms with Crippen LogP contribution in [0.25, 0.3) is 0 Å². The highest BCUT2D eigenvalue weighted by atomic mass is 32.2. The molecule has 0 aliphatic rings. The van der Waals surface area contributed by atoms with E-state index in [0.717, 1.165) is 11.6 Å². The van der Waals surface area contributed by atoms with E-state index in [9.17, 15) is 12.8 Å². The van der Waals surface area contributed by atoms with Crippen molar-refractivity contribution in [2.45, 2.75) is 11.1 Å². The van der Waals surface area contributed by atoms with E-state index < -0.39 is 15.2 Å². The molecule has 0 fully saturated rings. The van der Waals surface area contributed by atoms with Crippen molar-refractivity contribution in [3.8, 4) is 0 Å². The predicted octanol–water partition coefficient (Wildman–Crippen LogP) is 3.00. The van der Waals surface area contributed by atoms with E-state index in [-0.39, 0.29) is 4.21 Å². The number of hydrogen-bond donors (Lipinski definition) is 1. The monoisotopic (exact) mass is 271 g/mol. The van der Waals surface area contributed by atoms with Gasteiger partial charge in [-0.25, -0.2) is 8.42 Å². The highest BCUT2D eigenvalue weighted by molar-refractivity contribution is 7.94. The molecule has 0 unspecified atom stereocenters. The highest BCUT2D eigenvalue weighted by Crippen LogP contribution is 2.23. The van der Waals surface area contributed by atoms with Crippen LogP contribution in [0.2, 0.25) is 0 Å². The molecule has 2 rings (SSSR count). The summed E-state index contributed by atoms with van der Waals surface area (Å²) in [5.74, 6) is 0. The lowest BCUT2D eigenvalue weighted by molar-refractivity contribution is 0.603. The standard InChI is InChI=1S/C11H10FNO2S2/c1-8-3-2-4-9(7-8)13-17(14,15)11-6-5-10(12)16-11/h2-7,13H,1H3. The maximum atomic E-state index is 12.8. The van der Waals surface area contributed by atoms with Crippen LogP contribution < -0.4 is 4.72 Å². The number of benzene rings is 1. The molecular weight excluding hydrogens is 261 g/mol. The second kappa shape index (κ2) is 4.46. The Morgan fingerprint density at radius 3 is 2.59 bits per heavy atom. The van der Waals surface area contributed by atoms with Gasteiger partial charge in [-0.3, -0.25) is 4.72 Å². The summed E-state index contributed by atoms with van der Waals surface area (Å²) >= 11 is 0.601. The van der Waals surface area contributed by atoms with Crippen LogP contribution in [0, 0.1) is 12.1 Å². The Morgan fingerprint density at radius 2 is 2.00 bits per heavy atom. The average molecular weight is 271 g/mol. The smallest absolute Gasteiger partial charge is 0.271 e. The van der Waals surface area contributed by atoms with E-state index in [4.69, 9.17) is 0 Å². The van der Waals surface area contributed by atoms with E-state index >= 15 is 0 Å². The van der Waals surface area contributed by atoms with Gasteiger partial charge < -0.3 is 0 Å². The van der Waals surface area contributed by atoms with Crippen LogP contribution in [0.3, 0.4) is 0 Å². The molecule has 17 heavy (non-hydrogen) atoms. The second-order valence-electron chi connectivity index (χ2n) is 3.53. The van der Waals surface area contributed by atoms with Crippen molar-refractivity contribution < 1.29 is 12.8 Å². The van der Waals surface area contributed by atoms with Crippen molar-refractivity contribution in [1.29, 1.82) is 0 Å². The minimum Gasteiger partial charge on any atom is -0.279 e. The van der Waals surface area contributed by atoms with Crippen molar-refractivity contribution in [2.24, 2.45) is 0 Å². The Kier molecular flexibility index (Phi) is 3.17. The first-order chi connectivity index (χ1) is 7.97. The number of aryl methyl sites for hydroxylation is 1. The number of hydrogen-bond acceptors (Lipinski definition) is 3. The van der Waals surface area contributed by atoms with Gasteiger partial charge in [-0.1, -0.05) is 23.5 Å². The molecule has 0 atom stereocenters. The minimum atomic E-state index is -3.68. The average Bonchev–Trinajstić information content (AvgIpc) is 2.65. The normalized spacial score (nSPS) is 11.4. The first kappa shape index (κ1) is 12.1. The van der Waals surface area contributed by atoms with Gasteiger partial charge in [-0.2, -0.15) is 4.39 Å². The van der Waals surface area contributed by atoms with Crippen molar-refractivity contribution >= 4 is 27.0 Å². The van der Waals surface area contributed by atoms with E-state index in [1.165, 1.54) is 6.07 Å². The largest absolute Gasteiger partial charge is 0.279 e. The molecule has 0 saturated heterocycles. The van der Waals surface area contributed by atoms with Gasteiger partial charge >= 0.3 is 0 Å². The summed E-state index contributed by atoms with van der Waals surface area (Å²) in [6.07, 6.45) is 0. The summed E-state index contributed by atoms with van der Waals surface area (Å²) in [6, 6.07) is 9.36. The lowest BCUT2D eigenvalue weighted by Crippen LogP contribution is -2.11. The first-order valence-corrected chi connectivity index (χ1v) is 7.12. The van der Waals surface area contributed by atoms with Gasteiger partial charge in [0, 0.05) is 5.69 Å². The Balaban J connectivity index is 2.29. The van der Waals surface area contributed by atoms with E-state index in [1.54, 1.807) is 18.2 Å². The van der Waals surface area contributed by atoms with Gasteiger partial charge in [0.25, 0.3) is 10.0 Å². The van der Waals surface area contributed by atoms with Crippen LogP contribution in [0.4, 0.5) is 10.1 Å². The predicted molar refractivity (Wildman–Crippen MR) is 66.3 cm³/mol. The number of rotatable bonds is 3. The molecule has 6 heteroatoms. The molecule has 90 valence electrons. The number of anilines is 1. The second-order valence-corrected chi connectivity index (χ2v) is 6.48. The van der Waals surface area contributed by atoms with Crippen LogP contribution in [0.15, 0.2) is 40.6 Å². The topological polar surface area (TPSA) is 46.2 Å². The van der Waals surface area contributed by atoms with Crippen molar-refractivity contribution in [3.05, 3.63) is 47.1 Å². The summed E-state index contributed by atoms with van der Waals surface area (Å²) in [6.45, 7) is 1.86. The third kappa shape index (κ3) is 2.83. The Hall–Kier alpha value is -1.40. The number of sulfonamides is 1. The molecule has 0 aliphatic carbocycles. The third-order valence-electron chi connectivity index (χ3n) is 2.08. The Labute approximate surface area is 103 Å². The molecule has 0 spiro atoms. The summed E-state index contributed by atoms with van der Waals surface area (Å²) < 4.78 is 38.9. The zero-order valence-electron chi connectivity index (χ0n) is 8.98. The lowest BCUT2D eigenvalue weighted by atomic mass is 10.2. The third-order valence-corrected chi connectivity index (χ3v) is 4.83. The first-order valence-electron chi connectivity index (χ1n) is 4.82. The molecule has 0 amide bonds. The van der Waals surface area contributed by atoms with Gasteiger partial charge in [-0.05, 0) is 36.8 Å². The van der Waals surface area contributed by atoms with E-state index in [1.807, 2.05) is 13.0 Å². The maximum Gasteiger partial charge on any atom is 0.271 e. The Bertz CT molecular complexity index is 634. The lowest BCUT2D eigenvalue weighted by Gasteiger charge is -2.06. The van der Waals surface area contributed by atoms with Crippen molar-refractivity contribution in [2.75, 3.05) is 4.72 Å². The van der Waals surface area contributed by atoms with Gasteiger partial charge in [0.1, 0.15) is 4.21 Å². The van der Waals surface area contributed by atoms with Crippen molar-refractivity contribution in [1.82, 2.24) is 0 Å². The van der Waals surface area contributed by atoms with E-state index in [2.05, 4.69) is 4.72 Å². The summed E-state index contributed by atoms with van der Waals surface area (Å²) in [5.41, 5.74) is 1.42. The van der Waals surface area contributed by atoms with E-state index in [0.29, 0.717) is 17.0 Å². The van der Waals surface area contributed by atoms with Gasteiger partial charge in [0.2, 0.25) is 0 Å². The van der Waals surface area contributed by atoms with Crippen LogP contribution >= 0.6 is 11.3 Å². The number of thiophene rings is 1. The van der Waals surface area contributed by atoms with Gasteiger partial charge in [0.05, 0.1) is 0 Å². The SMILES string of the molecule is Cc1cccc(NS(=O)(=O)c2ccc(F)s2)c1. The molecule has 1 heterocycles. The molecule has 0 bridgehead atoms. The highest BCUT2D eigenvalue weighted by Gasteiger charge is 2.16. The van der Waals surface area contributed by atoms with Crippen LogP contribution in [-0.2, 0) is 10.0 Å². The molecule has 0 saturated carbocycles. The number of halogens is 1. The molecule has 0 aliphatic heterocycles. The number of nitrogens with one attached hydrogen (secondary N) is 1. The van der Waals surface area contributed by atoms with Crippen molar-refractivity contribution in [3.63, 3.8) is 0 Å². The fourth-order valence-electron chi connectivity index (χ4n) is 1.36. The van der Waals surface area contributed by atoms with Crippen LogP contribution in [0.1, 0.15) is 5.56 Å². The molecule has 1 aromatic carbocycles. The van der Waals surface area contributed by atoms with Gasteiger partial charge in [-0.15, -0.1) is 0 Å². The minimum absolute atomic E-state index is 0.0310. The molecular formula is C11H10FNO2S2. The van der Waals surface area contributed by atoms with Crippen LogP contribution in [0.5, 0.6) is 0 Å². The van der Waals surface area contributed by atoms with Gasteiger partial charge in [0.15, 0.2) is 5.13 Å². The zero-order chi connectivity index (χ0) is 12.5. The van der Waals surface area contributed by atoms with Crippen LogP contribution in [-0.4, -0.2) is 8.42 Å². The fourth-order valence-corrected chi connectivity index (χ4v) is 3.41. The summed E-state index contributed by atoms with van der Waals surface area (Å²) in [7, 11) is -3.68. The Morgan fingerprint density at radius 1 is 1.24 bits per heavy atom. The molecule has 3 nitrogen and oxygen atoms in total. The fraction of sp³-hybridized carbons (Fsp3) is 0.0909. The molecule has 1 aromatic heterocycles. The molecule has 1 N–H and O–H groups in total. The molecule has 0 radical (unpaired) electrons. The summed E-state index contributed by atoms with van der Waals surface area (Å²) in [5, 5.41) is -0.519. The molecule has 2 aromatic rings. The quantitative estimate of drug-likeness (QED) is 0.932. The summed E-state index contributed by atoms with van der Waals surface area (Å²) in [4.78, 5) is 0. The maximum absolute atomic E-state index is 12.8.